The van der Waals surface area contributed by atoms with Gasteiger partial charge < -0.3 is 10.2 Å². The molecule has 4 heteroatoms. The van der Waals surface area contributed by atoms with Gasteiger partial charge in [0.25, 0.3) is 0 Å². The first-order valence-electron chi connectivity index (χ1n) is 7.23. The van der Waals surface area contributed by atoms with E-state index in [1.54, 1.807) is 12.4 Å². The SMILES string of the molecule is Cc1nccnc1N1CCC(CNC(C)(C)C)CC1. The molecule has 0 saturated carbocycles. The Balaban J connectivity index is 1.84. The van der Waals surface area contributed by atoms with Gasteiger partial charge >= 0.3 is 0 Å². The van der Waals surface area contributed by atoms with Crippen LogP contribution in [0.4, 0.5) is 5.82 Å². The van der Waals surface area contributed by atoms with Crippen LogP contribution in [0.3, 0.4) is 0 Å². The fourth-order valence-corrected chi connectivity index (χ4v) is 2.51. The van der Waals surface area contributed by atoms with Gasteiger partial charge in [0.1, 0.15) is 5.82 Å². The van der Waals surface area contributed by atoms with Crippen LogP contribution < -0.4 is 10.2 Å². The highest BCUT2D eigenvalue weighted by Gasteiger charge is 2.22. The zero-order chi connectivity index (χ0) is 13.9. The summed E-state index contributed by atoms with van der Waals surface area (Å²) in [5, 5.41) is 3.61. The Bertz CT molecular complexity index is 403. The van der Waals surface area contributed by atoms with E-state index in [1.165, 1.54) is 12.8 Å². The second-order valence-corrected chi connectivity index (χ2v) is 6.53. The summed E-state index contributed by atoms with van der Waals surface area (Å²) >= 11 is 0. The Hall–Kier alpha value is -1.16. The molecule has 0 amide bonds. The summed E-state index contributed by atoms with van der Waals surface area (Å²) in [6, 6.07) is 0. The smallest absolute Gasteiger partial charge is 0.150 e. The molecule has 0 radical (unpaired) electrons. The van der Waals surface area contributed by atoms with Crippen molar-refractivity contribution in [1.82, 2.24) is 15.3 Å². The minimum absolute atomic E-state index is 0.221. The van der Waals surface area contributed by atoms with E-state index < -0.39 is 0 Å². The van der Waals surface area contributed by atoms with E-state index in [2.05, 4.69) is 41.0 Å². The van der Waals surface area contributed by atoms with Gasteiger partial charge in [-0.2, -0.15) is 0 Å². The van der Waals surface area contributed by atoms with Gasteiger partial charge in [0, 0.05) is 31.0 Å². The van der Waals surface area contributed by atoms with Crippen molar-refractivity contribution in [3.05, 3.63) is 18.1 Å². The van der Waals surface area contributed by atoms with Crippen molar-refractivity contribution in [1.29, 1.82) is 0 Å². The lowest BCUT2D eigenvalue weighted by Crippen LogP contribution is -2.43. The third-order valence-corrected chi connectivity index (χ3v) is 3.69. The van der Waals surface area contributed by atoms with Crippen molar-refractivity contribution in [2.24, 2.45) is 5.92 Å². The first-order chi connectivity index (χ1) is 8.96. The quantitative estimate of drug-likeness (QED) is 0.908. The number of aryl methyl sites for hydroxylation is 1. The summed E-state index contributed by atoms with van der Waals surface area (Å²) in [4.78, 5) is 11.2. The van der Waals surface area contributed by atoms with Crippen LogP contribution >= 0.6 is 0 Å². The summed E-state index contributed by atoms with van der Waals surface area (Å²) in [5.74, 6) is 1.84. The van der Waals surface area contributed by atoms with Crippen LogP contribution in [0, 0.1) is 12.8 Å². The molecule has 0 aromatic carbocycles. The Labute approximate surface area is 116 Å². The molecule has 2 heterocycles. The molecule has 1 aliphatic rings. The number of aromatic nitrogens is 2. The van der Waals surface area contributed by atoms with E-state index in [0.29, 0.717) is 0 Å². The lowest BCUT2D eigenvalue weighted by atomic mass is 9.95. The van der Waals surface area contributed by atoms with Crippen LogP contribution in [-0.4, -0.2) is 35.1 Å². The minimum atomic E-state index is 0.221. The molecule has 0 unspecified atom stereocenters. The number of hydrogen-bond acceptors (Lipinski definition) is 4. The molecule has 19 heavy (non-hydrogen) atoms. The summed E-state index contributed by atoms with van der Waals surface area (Å²) < 4.78 is 0. The van der Waals surface area contributed by atoms with Gasteiger partial charge in [-0.05, 0) is 53.0 Å². The summed E-state index contributed by atoms with van der Waals surface area (Å²) in [7, 11) is 0. The summed E-state index contributed by atoms with van der Waals surface area (Å²) in [6.07, 6.45) is 6.02. The van der Waals surface area contributed by atoms with Crippen molar-refractivity contribution < 1.29 is 0 Å². The monoisotopic (exact) mass is 262 g/mol. The molecule has 106 valence electrons. The normalized spacial score (nSPS) is 17.8. The lowest BCUT2D eigenvalue weighted by Gasteiger charge is -2.34. The van der Waals surface area contributed by atoms with Crippen LogP contribution in [0.5, 0.6) is 0 Å². The predicted molar refractivity (Wildman–Crippen MR) is 79.5 cm³/mol. The van der Waals surface area contributed by atoms with E-state index in [4.69, 9.17) is 0 Å². The second kappa shape index (κ2) is 5.87. The second-order valence-electron chi connectivity index (χ2n) is 6.53. The largest absolute Gasteiger partial charge is 0.355 e. The predicted octanol–water partition coefficient (Wildman–Crippen LogP) is 2.39. The number of rotatable bonds is 3. The molecule has 0 bridgehead atoms. The molecular formula is C15H26N4. The van der Waals surface area contributed by atoms with Gasteiger partial charge in [-0.1, -0.05) is 0 Å². The highest BCUT2D eigenvalue weighted by molar-refractivity contribution is 5.42. The summed E-state index contributed by atoms with van der Waals surface area (Å²) in [5.41, 5.74) is 1.26. The lowest BCUT2D eigenvalue weighted by molar-refractivity contribution is 0.328. The molecule has 2 rings (SSSR count). The fourth-order valence-electron chi connectivity index (χ4n) is 2.51. The van der Waals surface area contributed by atoms with E-state index in [1.807, 2.05) is 6.92 Å². The summed E-state index contributed by atoms with van der Waals surface area (Å²) in [6.45, 7) is 12.0. The van der Waals surface area contributed by atoms with Gasteiger partial charge in [0.15, 0.2) is 0 Å². The Morgan fingerprint density at radius 3 is 2.42 bits per heavy atom. The van der Waals surface area contributed by atoms with Crippen LogP contribution in [0.25, 0.3) is 0 Å². The topological polar surface area (TPSA) is 41.1 Å². The maximum absolute atomic E-state index is 4.46. The highest BCUT2D eigenvalue weighted by Crippen LogP contribution is 2.23. The van der Waals surface area contributed by atoms with Crippen LogP contribution in [0.1, 0.15) is 39.3 Å². The first-order valence-corrected chi connectivity index (χ1v) is 7.23. The Morgan fingerprint density at radius 2 is 1.84 bits per heavy atom. The van der Waals surface area contributed by atoms with Crippen molar-refractivity contribution >= 4 is 5.82 Å². The van der Waals surface area contributed by atoms with Crippen molar-refractivity contribution in [3.63, 3.8) is 0 Å². The highest BCUT2D eigenvalue weighted by atomic mass is 15.2. The van der Waals surface area contributed by atoms with Gasteiger partial charge in [-0.15, -0.1) is 0 Å². The zero-order valence-corrected chi connectivity index (χ0v) is 12.6. The molecule has 1 aromatic heterocycles. The Morgan fingerprint density at radius 1 is 1.21 bits per heavy atom. The molecular weight excluding hydrogens is 236 g/mol. The Kier molecular flexibility index (Phi) is 4.40. The first kappa shape index (κ1) is 14.3. The van der Waals surface area contributed by atoms with Crippen LogP contribution in [-0.2, 0) is 0 Å². The third-order valence-electron chi connectivity index (χ3n) is 3.69. The van der Waals surface area contributed by atoms with E-state index in [9.17, 15) is 0 Å². The third kappa shape index (κ3) is 4.16. The molecule has 0 atom stereocenters. The molecule has 1 aromatic rings. The molecule has 1 N–H and O–H groups in total. The molecule has 0 spiro atoms. The minimum Gasteiger partial charge on any atom is -0.355 e. The number of nitrogens with zero attached hydrogens (tertiary/aromatic N) is 3. The molecule has 1 aliphatic heterocycles. The van der Waals surface area contributed by atoms with Crippen molar-refractivity contribution in [2.75, 3.05) is 24.5 Å². The molecule has 1 fully saturated rings. The zero-order valence-electron chi connectivity index (χ0n) is 12.6. The molecule has 4 nitrogen and oxygen atoms in total. The number of anilines is 1. The van der Waals surface area contributed by atoms with Gasteiger partial charge in [0.05, 0.1) is 5.69 Å². The standard InChI is InChI=1S/C15H26N4/c1-12-14(17-8-7-16-12)19-9-5-13(6-10-19)11-18-15(2,3)4/h7-8,13,18H,5-6,9-11H2,1-4H3. The van der Waals surface area contributed by atoms with E-state index >= 15 is 0 Å². The van der Waals surface area contributed by atoms with E-state index in [-0.39, 0.29) is 5.54 Å². The van der Waals surface area contributed by atoms with Gasteiger partial charge in [-0.3, -0.25) is 4.98 Å². The fraction of sp³-hybridized carbons (Fsp3) is 0.733. The van der Waals surface area contributed by atoms with Crippen molar-refractivity contribution in [3.8, 4) is 0 Å². The number of piperidine rings is 1. The van der Waals surface area contributed by atoms with Crippen LogP contribution in [0.15, 0.2) is 12.4 Å². The van der Waals surface area contributed by atoms with Crippen LogP contribution in [0.2, 0.25) is 0 Å². The number of hydrogen-bond donors (Lipinski definition) is 1. The molecule has 1 saturated heterocycles. The maximum atomic E-state index is 4.46. The maximum Gasteiger partial charge on any atom is 0.150 e. The average Bonchev–Trinajstić information content (AvgIpc) is 2.37. The van der Waals surface area contributed by atoms with Crippen molar-refractivity contribution in [2.45, 2.75) is 46.1 Å². The molecule has 0 aliphatic carbocycles. The van der Waals surface area contributed by atoms with Gasteiger partial charge in [0.2, 0.25) is 0 Å². The van der Waals surface area contributed by atoms with E-state index in [0.717, 1.165) is 37.1 Å². The van der Waals surface area contributed by atoms with Gasteiger partial charge in [-0.25, -0.2) is 4.98 Å². The average molecular weight is 262 g/mol. The number of nitrogens with one attached hydrogen (secondary N) is 1.